The van der Waals surface area contributed by atoms with Crippen LogP contribution in [0, 0.1) is 0 Å². The van der Waals surface area contributed by atoms with E-state index in [0.29, 0.717) is 18.0 Å². The van der Waals surface area contributed by atoms with Crippen LogP contribution in [0.1, 0.15) is 12.6 Å². The first-order valence-electron chi connectivity index (χ1n) is 6.44. The number of aromatic nitrogens is 2. The Morgan fingerprint density at radius 3 is 2.27 bits per heavy atom. The van der Waals surface area contributed by atoms with Crippen molar-refractivity contribution in [2.24, 2.45) is 0 Å². The topological polar surface area (TPSA) is 56.3 Å². The van der Waals surface area contributed by atoms with Crippen LogP contribution in [0.5, 0.6) is 17.4 Å². The van der Waals surface area contributed by atoms with Gasteiger partial charge in [-0.2, -0.15) is 18.2 Å². The molecule has 0 amide bonds. The molecule has 0 aliphatic carbocycles. The van der Waals surface area contributed by atoms with Gasteiger partial charge in [0, 0.05) is 12.6 Å². The molecule has 2 aromatic rings. The Morgan fingerprint density at radius 2 is 1.73 bits per heavy atom. The highest BCUT2D eigenvalue weighted by molar-refractivity contribution is 5.36. The van der Waals surface area contributed by atoms with Gasteiger partial charge in [-0.25, -0.2) is 4.98 Å². The van der Waals surface area contributed by atoms with Gasteiger partial charge in [-0.05, 0) is 31.2 Å². The van der Waals surface area contributed by atoms with E-state index in [-0.39, 0.29) is 11.8 Å². The van der Waals surface area contributed by atoms with Gasteiger partial charge in [-0.1, -0.05) is 0 Å². The molecule has 0 radical (unpaired) electrons. The number of hydrogen-bond donors (Lipinski definition) is 1. The predicted octanol–water partition coefficient (Wildman–Crippen LogP) is 3.73. The van der Waals surface area contributed by atoms with Crippen LogP contribution in [0.2, 0.25) is 0 Å². The number of ether oxygens (including phenoxy) is 2. The summed E-state index contributed by atoms with van der Waals surface area (Å²) in [4.78, 5) is 7.32. The lowest BCUT2D eigenvalue weighted by molar-refractivity contribution is -0.141. The summed E-state index contributed by atoms with van der Waals surface area (Å²) in [6, 6.07) is 7.16. The Labute approximate surface area is 125 Å². The minimum absolute atomic E-state index is 0.138. The van der Waals surface area contributed by atoms with Gasteiger partial charge in [-0.3, -0.25) is 0 Å². The van der Waals surface area contributed by atoms with Gasteiger partial charge in [0.15, 0.2) is 5.69 Å². The predicted molar refractivity (Wildman–Crippen MR) is 74.3 cm³/mol. The lowest BCUT2D eigenvalue weighted by atomic mass is 10.3. The highest BCUT2D eigenvalue weighted by Crippen LogP contribution is 2.31. The van der Waals surface area contributed by atoms with E-state index in [4.69, 9.17) is 9.47 Å². The first-order valence-corrected chi connectivity index (χ1v) is 6.44. The highest BCUT2D eigenvalue weighted by atomic mass is 19.4. The van der Waals surface area contributed by atoms with Crippen LogP contribution in [0.25, 0.3) is 0 Å². The summed E-state index contributed by atoms with van der Waals surface area (Å²) >= 11 is 0. The standard InChI is InChI=1S/C14H14F3N3O2/c1-3-18-13-19-11(14(15,16)17)8-12(20-13)22-10-6-4-9(21-2)5-7-10/h4-8H,3H2,1-2H3,(H,18,19,20). The summed E-state index contributed by atoms with van der Waals surface area (Å²) in [5, 5.41) is 2.64. The second kappa shape index (κ2) is 6.50. The third-order valence-corrected chi connectivity index (χ3v) is 2.61. The lowest BCUT2D eigenvalue weighted by Gasteiger charge is -2.11. The average Bonchev–Trinajstić information content (AvgIpc) is 2.47. The number of hydrogen-bond acceptors (Lipinski definition) is 5. The van der Waals surface area contributed by atoms with Crippen LogP contribution in [-0.2, 0) is 6.18 Å². The van der Waals surface area contributed by atoms with Crippen molar-refractivity contribution in [1.29, 1.82) is 0 Å². The maximum Gasteiger partial charge on any atom is 0.433 e. The molecule has 0 unspecified atom stereocenters. The quantitative estimate of drug-likeness (QED) is 0.911. The van der Waals surface area contributed by atoms with Gasteiger partial charge in [0.2, 0.25) is 11.8 Å². The van der Waals surface area contributed by atoms with Gasteiger partial charge >= 0.3 is 6.18 Å². The molecule has 0 spiro atoms. The maximum absolute atomic E-state index is 12.8. The summed E-state index contributed by atoms with van der Waals surface area (Å²) in [5.41, 5.74) is -1.07. The molecule has 8 heteroatoms. The fourth-order valence-corrected chi connectivity index (χ4v) is 1.62. The number of rotatable bonds is 5. The first kappa shape index (κ1) is 15.9. The summed E-state index contributed by atoms with van der Waals surface area (Å²) in [7, 11) is 1.51. The van der Waals surface area contributed by atoms with E-state index in [1.165, 1.54) is 7.11 Å². The second-order valence-corrected chi connectivity index (χ2v) is 4.22. The monoisotopic (exact) mass is 313 g/mol. The zero-order chi connectivity index (χ0) is 16.2. The van der Waals surface area contributed by atoms with Crippen molar-refractivity contribution in [2.45, 2.75) is 13.1 Å². The van der Waals surface area contributed by atoms with Gasteiger partial charge in [-0.15, -0.1) is 0 Å². The van der Waals surface area contributed by atoms with E-state index in [2.05, 4.69) is 15.3 Å². The van der Waals surface area contributed by atoms with Crippen molar-refractivity contribution in [1.82, 2.24) is 9.97 Å². The van der Waals surface area contributed by atoms with Gasteiger partial charge in [0.1, 0.15) is 11.5 Å². The molecular formula is C14H14F3N3O2. The molecule has 0 atom stereocenters. The van der Waals surface area contributed by atoms with E-state index in [1.54, 1.807) is 31.2 Å². The van der Waals surface area contributed by atoms with Crippen molar-refractivity contribution in [3.8, 4) is 17.4 Å². The van der Waals surface area contributed by atoms with Crippen molar-refractivity contribution in [2.75, 3.05) is 19.0 Å². The molecule has 2 rings (SSSR count). The molecule has 0 fully saturated rings. The van der Waals surface area contributed by atoms with Crippen molar-refractivity contribution >= 4 is 5.95 Å². The Balaban J connectivity index is 2.30. The second-order valence-electron chi connectivity index (χ2n) is 4.22. The molecule has 0 bridgehead atoms. The van der Waals surface area contributed by atoms with Crippen LogP contribution < -0.4 is 14.8 Å². The number of halogens is 3. The molecular weight excluding hydrogens is 299 g/mol. The summed E-state index contributed by atoms with van der Waals surface area (Å²) in [5.74, 6) is 0.624. The molecule has 0 aliphatic heterocycles. The van der Waals surface area contributed by atoms with E-state index < -0.39 is 11.9 Å². The van der Waals surface area contributed by atoms with Crippen molar-refractivity contribution in [3.05, 3.63) is 36.0 Å². The molecule has 5 nitrogen and oxygen atoms in total. The smallest absolute Gasteiger partial charge is 0.433 e. The van der Waals surface area contributed by atoms with Crippen LogP contribution >= 0.6 is 0 Å². The Bertz CT molecular complexity index is 630. The van der Waals surface area contributed by atoms with E-state index in [1.807, 2.05) is 0 Å². The molecule has 1 heterocycles. The zero-order valence-electron chi connectivity index (χ0n) is 11.9. The van der Waals surface area contributed by atoms with E-state index >= 15 is 0 Å². The van der Waals surface area contributed by atoms with Crippen LogP contribution in [0.4, 0.5) is 19.1 Å². The molecule has 0 saturated heterocycles. The molecule has 118 valence electrons. The van der Waals surface area contributed by atoms with Crippen LogP contribution in [0.3, 0.4) is 0 Å². The third kappa shape index (κ3) is 4.00. The fourth-order valence-electron chi connectivity index (χ4n) is 1.62. The van der Waals surface area contributed by atoms with Crippen molar-refractivity contribution < 1.29 is 22.6 Å². The van der Waals surface area contributed by atoms with Gasteiger partial charge in [0.25, 0.3) is 0 Å². The molecule has 22 heavy (non-hydrogen) atoms. The highest BCUT2D eigenvalue weighted by Gasteiger charge is 2.34. The molecule has 0 saturated carbocycles. The molecule has 1 aromatic carbocycles. The van der Waals surface area contributed by atoms with Gasteiger partial charge in [0.05, 0.1) is 7.11 Å². The Kier molecular flexibility index (Phi) is 4.69. The fraction of sp³-hybridized carbons (Fsp3) is 0.286. The molecule has 0 aliphatic rings. The SMILES string of the molecule is CCNc1nc(Oc2ccc(OC)cc2)cc(C(F)(F)F)n1. The Morgan fingerprint density at radius 1 is 1.09 bits per heavy atom. The number of nitrogens with one attached hydrogen (secondary N) is 1. The number of nitrogens with zero attached hydrogens (tertiary/aromatic N) is 2. The molecule has 1 N–H and O–H groups in total. The van der Waals surface area contributed by atoms with Crippen LogP contribution in [0.15, 0.2) is 30.3 Å². The number of anilines is 1. The Hall–Kier alpha value is -2.51. The van der Waals surface area contributed by atoms with Crippen LogP contribution in [-0.4, -0.2) is 23.6 Å². The minimum Gasteiger partial charge on any atom is -0.497 e. The normalized spacial score (nSPS) is 11.1. The van der Waals surface area contributed by atoms with E-state index in [9.17, 15) is 13.2 Å². The number of methoxy groups -OCH3 is 1. The first-order chi connectivity index (χ1) is 10.4. The summed E-state index contributed by atoms with van der Waals surface area (Å²) in [6.07, 6.45) is -4.58. The zero-order valence-corrected chi connectivity index (χ0v) is 11.9. The molecule has 1 aromatic heterocycles. The number of benzene rings is 1. The third-order valence-electron chi connectivity index (χ3n) is 2.61. The number of alkyl halides is 3. The summed E-state index contributed by atoms with van der Waals surface area (Å²) in [6.45, 7) is 2.12. The van der Waals surface area contributed by atoms with E-state index in [0.717, 1.165) is 6.07 Å². The van der Waals surface area contributed by atoms with Gasteiger partial charge < -0.3 is 14.8 Å². The maximum atomic E-state index is 12.8. The average molecular weight is 313 g/mol. The lowest BCUT2D eigenvalue weighted by Crippen LogP contribution is -2.12. The summed E-state index contributed by atoms with van der Waals surface area (Å²) < 4.78 is 48.9. The minimum atomic E-state index is -4.58. The van der Waals surface area contributed by atoms with Crippen molar-refractivity contribution in [3.63, 3.8) is 0 Å². The largest absolute Gasteiger partial charge is 0.497 e.